The van der Waals surface area contributed by atoms with Gasteiger partial charge in [-0.05, 0) is 12.8 Å². The van der Waals surface area contributed by atoms with Crippen molar-refractivity contribution in [1.82, 2.24) is 0 Å². The number of rotatable bonds is 9. The summed E-state index contributed by atoms with van der Waals surface area (Å²) >= 11 is 0. The predicted molar refractivity (Wildman–Crippen MR) is 54.3 cm³/mol. The quantitative estimate of drug-likeness (QED) is 0.533. The van der Waals surface area contributed by atoms with Crippen LogP contribution in [0.5, 0.6) is 0 Å². The van der Waals surface area contributed by atoms with Crippen LogP contribution in [0.2, 0.25) is 0 Å². The van der Waals surface area contributed by atoms with Gasteiger partial charge in [0.15, 0.2) is 6.29 Å². The number of hydrogen-bond donors (Lipinski definition) is 0. The zero-order valence-corrected chi connectivity index (χ0v) is 9.62. The molecule has 14 heavy (non-hydrogen) atoms. The van der Waals surface area contributed by atoms with Crippen LogP contribution >= 0.6 is 0 Å². The third-order valence-electron chi connectivity index (χ3n) is 2.14. The molecule has 86 valence electrons. The Hall–Kier alpha value is -0.160. The molecule has 0 radical (unpaired) electrons. The van der Waals surface area contributed by atoms with Gasteiger partial charge in [-0.1, -0.05) is 0 Å². The minimum Gasteiger partial charge on any atom is -0.384 e. The standard InChI is InChI=1S/C10H22O4/c1-11-7-9(8-12-2)5-6-10(13-3)14-4/h9-10H,5-8H2,1-4H3. The van der Waals surface area contributed by atoms with Crippen molar-refractivity contribution in [2.75, 3.05) is 41.7 Å². The van der Waals surface area contributed by atoms with E-state index in [0.717, 1.165) is 12.8 Å². The van der Waals surface area contributed by atoms with Crippen LogP contribution in [0.1, 0.15) is 12.8 Å². The lowest BCUT2D eigenvalue weighted by molar-refractivity contribution is -0.110. The summed E-state index contributed by atoms with van der Waals surface area (Å²) in [6, 6.07) is 0. The van der Waals surface area contributed by atoms with E-state index in [0.29, 0.717) is 19.1 Å². The van der Waals surface area contributed by atoms with Gasteiger partial charge in [-0.15, -0.1) is 0 Å². The van der Waals surface area contributed by atoms with Crippen LogP contribution in [0, 0.1) is 5.92 Å². The van der Waals surface area contributed by atoms with Crippen molar-refractivity contribution in [3.8, 4) is 0 Å². The van der Waals surface area contributed by atoms with Crippen molar-refractivity contribution in [3.05, 3.63) is 0 Å². The van der Waals surface area contributed by atoms with Gasteiger partial charge in [-0.3, -0.25) is 0 Å². The number of methoxy groups -OCH3 is 4. The van der Waals surface area contributed by atoms with Crippen molar-refractivity contribution in [2.24, 2.45) is 5.92 Å². The first-order valence-corrected chi connectivity index (χ1v) is 4.81. The summed E-state index contributed by atoms with van der Waals surface area (Å²) in [6.45, 7) is 1.43. The Balaban J connectivity index is 3.67. The maximum Gasteiger partial charge on any atom is 0.156 e. The molecular formula is C10H22O4. The summed E-state index contributed by atoms with van der Waals surface area (Å²) < 4.78 is 20.4. The fraction of sp³-hybridized carbons (Fsp3) is 1.00. The van der Waals surface area contributed by atoms with Crippen LogP contribution in [0.3, 0.4) is 0 Å². The average molecular weight is 206 g/mol. The van der Waals surface area contributed by atoms with Crippen LogP contribution in [0.25, 0.3) is 0 Å². The van der Waals surface area contributed by atoms with Gasteiger partial charge in [0.1, 0.15) is 0 Å². The fourth-order valence-electron chi connectivity index (χ4n) is 1.39. The Morgan fingerprint density at radius 1 is 0.786 bits per heavy atom. The van der Waals surface area contributed by atoms with Crippen molar-refractivity contribution < 1.29 is 18.9 Å². The molecule has 0 amide bonds. The van der Waals surface area contributed by atoms with Crippen LogP contribution in [-0.2, 0) is 18.9 Å². The van der Waals surface area contributed by atoms with E-state index in [1.54, 1.807) is 28.4 Å². The van der Waals surface area contributed by atoms with E-state index < -0.39 is 0 Å². The summed E-state index contributed by atoms with van der Waals surface area (Å²) in [7, 11) is 6.70. The summed E-state index contributed by atoms with van der Waals surface area (Å²) in [5.74, 6) is 0.415. The third-order valence-corrected chi connectivity index (χ3v) is 2.14. The third kappa shape index (κ3) is 6.32. The zero-order valence-electron chi connectivity index (χ0n) is 9.62. The molecule has 0 heterocycles. The first-order chi connectivity index (χ1) is 6.78. The number of ether oxygens (including phenoxy) is 4. The Labute approximate surface area is 86.5 Å². The zero-order chi connectivity index (χ0) is 10.8. The highest BCUT2D eigenvalue weighted by Crippen LogP contribution is 2.11. The first-order valence-electron chi connectivity index (χ1n) is 4.81. The molecule has 0 unspecified atom stereocenters. The maximum absolute atomic E-state index is 5.10. The maximum atomic E-state index is 5.10. The molecule has 4 nitrogen and oxygen atoms in total. The molecule has 0 rings (SSSR count). The highest BCUT2D eigenvalue weighted by atomic mass is 16.7. The molecule has 0 fully saturated rings. The minimum absolute atomic E-state index is 0.119. The molecule has 0 N–H and O–H groups in total. The van der Waals surface area contributed by atoms with E-state index >= 15 is 0 Å². The minimum atomic E-state index is -0.119. The molecule has 0 spiro atoms. The van der Waals surface area contributed by atoms with Crippen molar-refractivity contribution >= 4 is 0 Å². The monoisotopic (exact) mass is 206 g/mol. The lowest BCUT2D eigenvalue weighted by atomic mass is 10.1. The fourth-order valence-corrected chi connectivity index (χ4v) is 1.39. The SMILES string of the molecule is COCC(CCC(OC)OC)COC. The van der Waals surface area contributed by atoms with E-state index in [1.807, 2.05) is 0 Å². The molecule has 0 bridgehead atoms. The van der Waals surface area contributed by atoms with Gasteiger partial charge in [0, 0.05) is 34.4 Å². The van der Waals surface area contributed by atoms with E-state index in [1.165, 1.54) is 0 Å². The lowest BCUT2D eigenvalue weighted by Crippen LogP contribution is -2.19. The van der Waals surface area contributed by atoms with E-state index in [-0.39, 0.29) is 6.29 Å². The lowest BCUT2D eigenvalue weighted by Gasteiger charge is -2.18. The predicted octanol–water partition coefficient (Wildman–Crippen LogP) is 1.29. The molecule has 0 atom stereocenters. The van der Waals surface area contributed by atoms with Gasteiger partial charge in [0.25, 0.3) is 0 Å². The molecule has 0 aromatic heterocycles. The molecule has 0 aromatic carbocycles. The Bertz CT molecular complexity index is 109. The van der Waals surface area contributed by atoms with Crippen molar-refractivity contribution in [1.29, 1.82) is 0 Å². The molecule has 0 aliphatic carbocycles. The highest BCUT2D eigenvalue weighted by molar-refractivity contribution is 4.58. The van der Waals surface area contributed by atoms with Gasteiger partial charge in [0.05, 0.1) is 13.2 Å². The highest BCUT2D eigenvalue weighted by Gasteiger charge is 2.12. The van der Waals surface area contributed by atoms with E-state index in [2.05, 4.69) is 0 Å². The Kier molecular flexibility index (Phi) is 9.29. The second-order valence-corrected chi connectivity index (χ2v) is 3.26. The summed E-state index contributed by atoms with van der Waals surface area (Å²) in [6.07, 6.45) is 1.73. The molecule has 0 aliphatic heterocycles. The molecule has 0 aromatic rings. The molecule has 0 saturated heterocycles. The second kappa shape index (κ2) is 9.40. The van der Waals surface area contributed by atoms with E-state index in [9.17, 15) is 0 Å². The molecular weight excluding hydrogens is 184 g/mol. The van der Waals surface area contributed by atoms with Crippen LogP contribution in [0.15, 0.2) is 0 Å². The molecule has 0 saturated carbocycles. The van der Waals surface area contributed by atoms with Gasteiger partial charge in [-0.25, -0.2) is 0 Å². The second-order valence-electron chi connectivity index (χ2n) is 3.26. The van der Waals surface area contributed by atoms with Crippen molar-refractivity contribution in [3.63, 3.8) is 0 Å². The van der Waals surface area contributed by atoms with Gasteiger partial charge in [0.2, 0.25) is 0 Å². The smallest absolute Gasteiger partial charge is 0.156 e. The van der Waals surface area contributed by atoms with Crippen molar-refractivity contribution in [2.45, 2.75) is 19.1 Å². The molecule has 0 aliphatic rings. The first kappa shape index (κ1) is 13.8. The largest absolute Gasteiger partial charge is 0.384 e. The summed E-state index contributed by atoms with van der Waals surface area (Å²) in [5, 5.41) is 0. The average Bonchev–Trinajstić information content (AvgIpc) is 2.20. The summed E-state index contributed by atoms with van der Waals surface area (Å²) in [5.41, 5.74) is 0. The Morgan fingerprint density at radius 3 is 1.64 bits per heavy atom. The van der Waals surface area contributed by atoms with Crippen LogP contribution < -0.4 is 0 Å². The Morgan fingerprint density at radius 2 is 1.29 bits per heavy atom. The van der Waals surface area contributed by atoms with Crippen LogP contribution in [0.4, 0.5) is 0 Å². The van der Waals surface area contributed by atoms with Gasteiger partial charge < -0.3 is 18.9 Å². The topological polar surface area (TPSA) is 36.9 Å². The molecule has 4 heteroatoms. The number of hydrogen-bond acceptors (Lipinski definition) is 4. The normalized spacial score (nSPS) is 11.6. The van der Waals surface area contributed by atoms with Gasteiger partial charge in [-0.2, -0.15) is 0 Å². The van der Waals surface area contributed by atoms with E-state index in [4.69, 9.17) is 18.9 Å². The summed E-state index contributed by atoms with van der Waals surface area (Å²) in [4.78, 5) is 0. The van der Waals surface area contributed by atoms with Crippen LogP contribution in [-0.4, -0.2) is 47.9 Å². The van der Waals surface area contributed by atoms with Gasteiger partial charge >= 0.3 is 0 Å².